The van der Waals surface area contributed by atoms with Crippen molar-refractivity contribution >= 4 is 29.5 Å². The third-order valence-electron chi connectivity index (χ3n) is 4.75. The first kappa shape index (κ1) is 22.6. The van der Waals surface area contributed by atoms with Crippen LogP contribution in [0.5, 0.6) is 11.5 Å². The predicted molar refractivity (Wildman–Crippen MR) is 112 cm³/mol. The normalized spacial score (nSPS) is 14.9. The first-order valence-electron chi connectivity index (χ1n) is 9.65. The monoisotopic (exact) mass is 472 g/mol. The number of rotatable bonds is 5. The second kappa shape index (κ2) is 8.77. The molecule has 0 saturated carbocycles. The van der Waals surface area contributed by atoms with Gasteiger partial charge in [0.25, 0.3) is 11.8 Å². The standard InChI is InChI=1S/C23H15F3N2O6/c1-32-19-11-13(7-8-17(19)34-22(31)18-6-3-9-33-18)10-16-20(29)27-28(21(16)30)15-5-2-4-14(12-15)23(24,25)26/h2-12H,1H3,(H,27,29)/b16-10+. The van der Waals surface area contributed by atoms with Gasteiger partial charge in [-0.25, -0.2) is 9.80 Å². The van der Waals surface area contributed by atoms with E-state index in [0.717, 1.165) is 23.2 Å². The molecule has 3 aromatic rings. The number of ether oxygens (including phenoxy) is 2. The van der Waals surface area contributed by atoms with Crippen molar-refractivity contribution in [1.82, 2.24) is 5.43 Å². The number of methoxy groups -OCH3 is 1. The molecule has 2 amide bonds. The van der Waals surface area contributed by atoms with Crippen LogP contribution in [-0.2, 0) is 15.8 Å². The number of hydrogen-bond acceptors (Lipinski definition) is 6. The van der Waals surface area contributed by atoms with Gasteiger partial charge in [-0.1, -0.05) is 12.1 Å². The second-order valence-electron chi connectivity index (χ2n) is 6.96. The molecule has 1 aromatic heterocycles. The molecule has 1 aliphatic rings. The molecule has 0 atom stereocenters. The van der Waals surface area contributed by atoms with Crippen molar-refractivity contribution in [2.75, 3.05) is 12.1 Å². The third kappa shape index (κ3) is 4.49. The number of hydrogen-bond donors (Lipinski definition) is 1. The van der Waals surface area contributed by atoms with E-state index < -0.39 is 29.5 Å². The summed E-state index contributed by atoms with van der Waals surface area (Å²) in [4.78, 5) is 37.2. The van der Waals surface area contributed by atoms with E-state index in [0.29, 0.717) is 5.56 Å². The van der Waals surface area contributed by atoms with Crippen LogP contribution >= 0.6 is 0 Å². The lowest BCUT2D eigenvalue weighted by Gasteiger charge is -2.16. The number of halogens is 3. The van der Waals surface area contributed by atoms with E-state index in [1.807, 2.05) is 0 Å². The second-order valence-corrected chi connectivity index (χ2v) is 6.96. The maximum absolute atomic E-state index is 13.0. The molecule has 1 saturated heterocycles. The minimum absolute atomic E-state index is 0.0174. The number of nitrogens with zero attached hydrogens (tertiary/aromatic N) is 1. The third-order valence-corrected chi connectivity index (χ3v) is 4.75. The zero-order valence-electron chi connectivity index (χ0n) is 17.4. The largest absolute Gasteiger partial charge is 0.493 e. The van der Waals surface area contributed by atoms with Crippen molar-refractivity contribution < 1.29 is 41.4 Å². The molecular weight excluding hydrogens is 457 g/mol. The highest BCUT2D eigenvalue weighted by Gasteiger charge is 2.36. The van der Waals surface area contributed by atoms with Crippen molar-refractivity contribution in [1.29, 1.82) is 0 Å². The predicted octanol–water partition coefficient (Wildman–Crippen LogP) is 3.99. The van der Waals surface area contributed by atoms with Gasteiger partial charge in [0.15, 0.2) is 11.5 Å². The number of carbonyl (C=O) groups excluding carboxylic acids is 3. The minimum atomic E-state index is -4.61. The van der Waals surface area contributed by atoms with E-state index in [1.54, 1.807) is 0 Å². The average Bonchev–Trinajstić information content (AvgIpc) is 3.44. The molecule has 0 aliphatic carbocycles. The molecule has 2 aromatic carbocycles. The fraction of sp³-hybridized carbons (Fsp3) is 0.0870. The Morgan fingerprint density at radius 1 is 1.06 bits per heavy atom. The lowest BCUT2D eigenvalue weighted by Crippen LogP contribution is -2.35. The molecule has 1 aliphatic heterocycles. The fourth-order valence-electron chi connectivity index (χ4n) is 3.13. The van der Waals surface area contributed by atoms with Crippen LogP contribution < -0.4 is 19.9 Å². The fourth-order valence-corrected chi connectivity index (χ4v) is 3.13. The molecule has 1 N–H and O–H groups in total. The molecule has 1 fully saturated rings. The van der Waals surface area contributed by atoms with E-state index in [2.05, 4.69) is 5.43 Å². The van der Waals surface area contributed by atoms with Gasteiger partial charge in [0.2, 0.25) is 5.76 Å². The zero-order chi connectivity index (χ0) is 24.5. The van der Waals surface area contributed by atoms with Crippen LogP contribution in [0.4, 0.5) is 18.9 Å². The van der Waals surface area contributed by atoms with Crippen LogP contribution in [0, 0.1) is 0 Å². The van der Waals surface area contributed by atoms with Gasteiger partial charge in [0.1, 0.15) is 5.57 Å². The quantitative estimate of drug-likeness (QED) is 0.261. The molecule has 174 valence electrons. The number of alkyl halides is 3. The van der Waals surface area contributed by atoms with E-state index in [1.165, 1.54) is 55.8 Å². The summed E-state index contributed by atoms with van der Waals surface area (Å²) >= 11 is 0. The summed E-state index contributed by atoms with van der Waals surface area (Å²) < 4.78 is 54.4. The summed E-state index contributed by atoms with van der Waals surface area (Å²) in [6, 6.07) is 11.2. The average molecular weight is 472 g/mol. The maximum Gasteiger partial charge on any atom is 0.416 e. The number of furan rings is 1. The molecule has 0 bridgehead atoms. The van der Waals surface area contributed by atoms with Gasteiger partial charge >= 0.3 is 12.1 Å². The van der Waals surface area contributed by atoms with Crippen molar-refractivity contribution in [2.45, 2.75) is 6.18 Å². The number of amides is 2. The van der Waals surface area contributed by atoms with Gasteiger partial charge in [0.05, 0.1) is 24.6 Å². The van der Waals surface area contributed by atoms with Crippen molar-refractivity contribution in [2.24, 2.45) is 0 Å². The summed E-state index contributed by atoms with van der Waals surface area (Å²) in [5.74, 6) is -2.20. The molecule has 4 rings (SSSR count). The van der Waals surface area contributed by atoms with Crippen LogP contribution in [0.2, 0.25) is 0 Å². The molecular formula is C23H15F3N2O6. The highest BCUT2D eigenvalue weighted by atomic mass is 19.4. The van der Waals surface area contributed by atoms with Gasteiger partial charge < -0.3 is 13.9 Å². The van der Waals surface area contributed by atoms with E-state index in [4.69, 9.17) is 13.9 Å². The van der Waals surface area contributed by atoms with E-state index >= 15 is 0 Å². The summed E-state index contributed by atoms with van der Waals surface area (Å²) in [5.41, 5.74) is 1.18. The molecule has 11 heteroatoms. The Kier molecular flexibility index (Phi) is 5.84. The maximum atomic E-state index is 13.0. The van der Waals surface area contributed by atoms with Crippen molar-refractivity contribution in [3.05, 3.63) is 83.3 Å². The summed E-state index contributed by atoms with van der Waals surface area (Å²) in [6.45, 7) is 0. The minimum Gasteiger partial charge on any atom is -0.493 e. The lowest BCUT2D eigenvalue weighted by atomic mass is 10.1. The van der Waals surface area contributed by atoms with Crippen LogP contribution in [0.25, 0.3) is 6.08 Å². The Morgan fingerprint density at radius 2 is 1.85 bits per heavy atom. The topological polar surface area (TPSA) is 98.1 Å². The lowest BCUT2D eigenvalue weighted by molar-refractivity contribution is -0.137. The summed E-state index contributed by atoms with van der Waals surface area (Å²) in [6.07, 6.45) is -2.05. The van der Waals surface area contributed by atoms with E-state index in [-0.39, 0.29) is 28.5 Å². The zero-order valence-corrected chi connectivity index (χ0v) is 17.4. The van der Waals surface area contributed by atoms with Crippen LogP contribution in [-0.4, -0.2) is 24.9 Å². The Balaban J connectivity index is 1.58. The molecule has 0 radical (unpaired) electrons. The summed E-state index contributed by atoms with van der Waals surface area (Å²) in [5, 5.41) is 0.736. The Hall–Kier alpha value is -4.54. The Bertz CT molecular complexity index is 1300. The van der Waals surface area contributed by atoms with Crippen molar-refractivity contribution in [3.63, 3.8) is 0 Å². The van der Waals surface area contributed by atoms with Gasteiger partial charge in [-0.2, -0.15) is 13.2 Å². The number of anilines is 1. The van der Waals surface area contributed by atoms with Gasteiger partial charge in [-0.15, -0.1) is 0 Å². The molecule has 8 nitrogen and oxygen atoms in total. The number of esters is 1. The van der Waals surface area contributed by atoms with Crippen molar-refractivity contribution in [3.8, 4) is 11.5 Å². The number of hydrazine groups is 1. The highest BCUT2D eigenvalue weighted by molar-refractivity contribution is 6.31. The molecule has 0 spiro atoms. The number of benzene rings is 2. The Labute approximate surface area is 190 Å². The first-order chi connectivity index (χ1) is 16.2. The number of carbonyl (C=O) groups is 3. The molecule has 2 heterocycles. The van der Waals surface area contributed by atoms with E-state index in [9.17, 15) is 27.6 Å². The molecule has 34 heavy (non-hydrogen) atoms. The van der Waals surface area contributed by atoms with Gasteiger partial charge in [-0.3, -0.25) is 15.0 Å². The molecule has 0 unspecified atom stereocenters. The van der Waals surface area contributed by atoms with Gasteiger partial charge in [0, 0.05) is 0 Å². The van der Waals surface area contributed by atoms with Gasteiger partial charge in [-0.05, 0) is 54.1 Å². The van der Waals surface area contributed by atoms with Crippen LogP contribution in [0.15, 0.2) is 70.9 Å². The highest BCUT2D eigenvalue weighted by Crippen LogP contribution is 2.33. The van der Waals surface area contributed by atoms with Crippen LogP contribution in [0.1, 0.15) is 21.7 Å². The van der Waals surface area contributed by atoms with Crippen LogP contribution in [0.3, 0.4) is 0 Å². The smallest absolute Gasteiger partial charge is 0.416 e. The SMILES string of the molecule is COc1cc(/C=C2\C(=O)NN(c3cccc(C(F)(F)F)c3)C2=O)ccc1OC(=O)c1ccco1. The summed E-state index contributed by atoms with van der Waals surface area (Å²) in [7, 11) is 1.33. The Morgan fingerprint density at radius 3 is 2.53 bits per heavy atom. The first-order valence-corrected chi connectivity index (χ1v) is 9.65. The number of nitrogens with one attached hydrogen (secondary N) is 1.